The van der Waals surface area contributed by atoms with Gasteiger partial charge in [0.25, 0.3) is 0 Å². The number of aryl methyl sites for hydroxylation is 1. The van der Waals surface area contributed by atoms with Crippen molar-refractivity contribution in [3.8, 4) is 0 Å². The van der Waals surface area contributed by atoms with E-state index in [1.807, 2.05) is 6.92 Å². The number of halogens is 1. The highest BCUT2D eigenvalue weighted by Crippen LogP contribution is 2.31. The summed E-state index contributed by atoms with van der Waals surface area (Å²) in [4.78, 5) is 0.0458. The third-order valence-electron chi connectivity index (χ3n) is 4.18. The number of sulfone groups is 1. The molecule has 3 aromatic rings. The average Bonchev–Trinajstić information content (AvgIpc) is 3.19. The lowest BCUT2D eigenvalue weighted by molar-refractivity contribution is 0.569. The molecular weight excluding hydrogens is 421 g/mol. The zero-order chi connectivity index (χ0) is 20.4. The summed E-state index contributed by atoms with van der Waals surface area (Å²) in [5, 5.41) is 0.442. The number of rotatable bonds is 7. The number of hydrogen-bond donors (Lipinski definition) is 1. The first-order valence-electron chi connectivity index (χ1n) is 8.29. The molecule has 0 radical (unpaired) electrons. The highest BCUT2D eigenvalue weighted by Gasteiger charge is 2.31. The van der Waals surface area contributed by atoms with E-state index in [9.17, 15) is 21.2 Å². The molecule has 0 saturated heterocycles. The van der Waals surface area contributed by atoms with Crippen molar-refractivity contribution in [2.24, 2.45) is 0 Å². The SMILES string of the molecule is Cc1ccc(S(=O)(=O)NC[C@H](c2ccc(F)cc2)S(=O)(=O)c2cccs2)cc1. The minimum atomic E-state index is -3.90. The third kappa shape index (κ3) is 4.49. The van der Waals surface area contributed by atoms with E-state index in [2.05, 4.69) is 4.72 Å². The summed E-state index contributed by atoms with van der Waals surface area (Å²) >= 11 is 1.05. The van der Waals surface area contributed by atoms with Crippen LogP contribution in [-0.2, 0) is 19.9 Å². The number of thiophene rings is 1. The molecule has 0 amide bonds. The molecule has 9 heteroatoms. The summed E-state index contributed by atoms with van der Waals surface area (Å²) in [6.45, 7) is 1.46. The zero-order valence-corrected chi connectivity index (χ0v) is 17.3. The Morgan fingerprint density at radius 3 is 2.18 bits per heavy atom. The van der Waals surface area contributed by atoms with Crippen molar-refractivity contribution in [1.29, 1.82) is 0 Å². The second kappa shape index (κ2) is 8.12. The molecule has 0 unspecified atom stereocenters. The van der Waals surface area contributed by atoms with Gasteiger partial charge in [-0.25, -0.2) is 25.9 Å². The van der Waals surface area contributed by atoms with Crippen molar-refractivity contribution in [1.82, 2.24) is 4.72 Å². The Bertz CT molecular complexity index is 1140. The summed E-state index contributed by atoms with van der Waals surface area (Å²) in [5.41, 5.74) is 1.21. The highest BCUT2D eigenvalue weighted by molar-refractivity contribution is 7.93. The Kier molecular flexibility index (Phi) is 5.99. The van der Waals surface area contributed by atoms with Crippen LogP contribution < -0.4 is 4.72 Å². The van der Waals surface area contributed by atoms with E-state index in [-0.39, 0.29) is 15.6 Å². The Morgan fingerprint density at radius 1 is 0.964 bits per heavy atom. The van der Waals surface area contributed by atoms with Crippen molar-refractivity contribution >= 4 is 31.2 Å². The Morgan fingerprint density at radius 2 is 1.61 bits per heavy atom. The Labute approximate surface area is 167 Å². The van der Waals surface area contributed by atoms with Crippen LogP contribution in [0.15, 0.2) is 75.1 Å². The van der Waals surface area contributed by atoms with Gasteiger partial charge in [0.2, 0.25) is 10.0 Å². The van der Waals surface area contributed by atoms with Crippen molar-refractivity contribution in [3.63, 3.8) is 0 Å². The summed E-state index contributed by atoms with van der Waals surface area (Å²) < 4.78 is 67.1. The molecule has 148 valence electrons. The molecule has 1 aromatic heterocycles. The molecule has 2 aromatic carbocycles. The standard InChI is InChI=1S/C19H18FNO4S3/c1-14-4-10-17(11-5-14)28(24,25)21-13-18(15-6-8-16(20)9-7-15)27(22,23)19-3-2-12-26-19/h2-12,18,21H,13H2,1H3/t18-/m1/s1. The first kappa shape index (κ1) is 20.7. The van der Waals surface area contributed by atoms with Gasteiger partial charge in [0.15, 0.2) is 9.84 Å². The number of nitrogens with one attached hydrogen (secondary N) is 1. The van der Waals surface area contributed by atoms with Gasteiger partial charge in [0.1, 0.15) is 15.3 Å². The maximum atomic E-state index is 13.3. The van der Waals surface area contributed by atoms with E-state index in [4.69, 9.17) is 0 Å². The van der Waals surface area contributed by atoms with Gasteiger partial charge in [-0.15, -0.1) is 11.3 Å². The maximum Gasteiger partial charge on any atom is 0.240 e. The van der Waals surface area contributed by atoms with E-state index in [1.165, 1.54) is 30.3 Å². The Balaban J connectivity index is 1.94. The molecule has 0 spiro atoms. The van der Waals surface area contributed by atoms with E-state index in [0.29, 0.717) is 5.56 Å². The van der Waals surface area contributed by atoms with Gasteiger partial charge in [0.05, 0.1) is 4.90 Å². The van der Waals surface area contributed by atoms with E-state index in [0.717, 1.165) is 29.0 Å². The first-order chi connectivity index (χ1) is 13.2. The van der Waals surface area contributed by atoms with Gasteiger partial charge in [-0.1, -0.05) is 35.9 Å². The monoisotopic (exact) mass is 439 g/mol. The number of benzene rings is 2. The van der Waals surface area contributed by atoms with Crippen LogP contribution in [0, 0.1) is 12.7 Å². The summed E-state index contributed by atoms with van der Waals surface area (Å²) in [6, 6.07) is 14.3. The topological polar surface area (TPSA) is 80.3 Å². The normalized spacial score (nSPS) is 13.4. The molecule has 5 nitrogen and oxygen atoms in total. The molecule has 0 bridgehead atoms. The van der Waals surface area contributed by atoms with Crippen LogP contribution in [0.2, 0.25) is 0 Å². The lowest BCUT2D eigenvalue weighted by Gasteiger charge is -2.18. The molecule has 0 saturated carbocycles. The predicted molar refractivity (Wildman–Crippen MR) is 107 cm³/mol. The fraction of sp³-hybridized carbons (Fsp3) is 0.158. The molecule has 3 rings (SSSR count). The molecule has 0 aliphatic heterocycles. The van der Waals surface area contributed by atoms with Crippen LogP contribution in [0.4, 0.5) is 4.39 Å². The molecular formula is C19H18FNO4S3. The van der Waals surface area contributed by atoms with Gasteiger partial charge in [-0.05, 0) is 48.2 Å². The second-order valence-corrected chi connectivity index (χ2v) is 11.3. The van der Waals surface area contributed by atoms with Gasteiger partial charge >= 0.3 is 0 Å². The predicted octanol–water partition coefficient (Wildman–Crippen LogP) is 3.69. The van der Waals surface area contributed by atoms with Crippen molar-refractivity contribution in [3.05, 3.63) is 83.0 Å². The van der Waals surface area contributed by atoms with Crippen molar-refractivity contribution < 1.29 is 21.2 Å². The van der Waals surface area contributed by atoms with Gasteiger partial charge in [0, 0.05) is 6.54 Å². The molecule has 1 N–H and O–H groups in total. The number of sulfonamides is 1. The minimum Gasteiger partial charge on any atom is -0.222 e. The van der Waals surface area contributed by atoms with Gasteiger partial charge < -0.3 is 0 Å². The van der Waals surface area contributed by atoms with Crippen LogP contribution in [-0.4, -0.2) is 23.4 Å². The van der Waals surface area contributed by atoms with Crippen LogP contribution in [0.3, 0.4) is 0 Å². The molecule has 0 aliphatic carbocycles. The quantitative estimate of drug-likeness (QED) is 0.609. The summed E-state index contributed by atoms with van der Waals surface area (Å²) in [6.07, 6.45) is 0. The second-order valence-electron chi connectivity index (χ2n) is 6.18. The fourth-order valence-corrected chi connectivity index (χ4v) is 6.66. The van der Waals surface area contributed by atoms with Crippen LogP contribution in [0.5, 0.6) is 0 Å². The van der Waals surface area contributed by atoms with Gasteiger partial charge in [-0.2, -0.15) is 0 Å². The molecule has 1 heterocycles. The zero-order valence-electron chi connectivity index (χ0n) is 14.9. The van der Waals surface area contributed by atoms with E-state index >= 15 is 0 Å². The lowest BCUT2D eigenvalue weighted by atomic mass is 10.1. The molecule has 1 atom stereocenters. The van der Waals surface area contributed by atoms with Crippen molar-refractivity contribution in [2.45, 2.75) is 21.3 Å². The summed E-state index contributed by atoms with van der Waals surface area (Å²) in [5.74, 6) is -0.503. The lowest BCUT2D eigenvalue weighted by Crippen LogP contribution is -2.31. The van der Waals surface area contributed by atoms with Crippen LogP contribution in [0.1, 0.15) is 16.4 Å². The molecule has 28 heavy (non-hydrogen) atoms. The van der Waals surface area contributed by atoms with E-state index in [1.54, 1.807) is 23.6 Å². The fourth-order valence-electron chi connectivity index (χ4n) is 2.64. The minimum absolute atomic E-state index is 0.0458. The van der Waals surface area contributed by atoms with Crippen LogP contribution in [0.25, 0.3) is 0 Å². The smallest absolute Gasteiger partial charge is 0.222 e. The van der Waals surface area contributed by atoms with E-state index < -0.39 is 30.9 Å². The molecule has 0 aliphatic rings. The van der Waals surface area contributed by atoms with Crippen LogP contribution >= 0.6 is 11.3 Å². The highest BCUT2D eigenvalue weighted by atomic mass is 32.2. The first-order valence-corrected chi connectivity index (χ1v) is 12.2. The largest absolute Gasteiger partial charge is 0.240 e. The third-order valence-corrected chi connectivity index (χ3v) is 9.15. The average molecular weight is 440 g/mol. The summed E-state index contributed by atoms with van der Waals surface area (Å²) in [7, 11) is -7.77. The number of hydrogen-bond acceptors (Lipinski definition) is 5. The van der Waals surface area contributed by atoms with Gasteiger partial charge in [-0.3, -0.25) is 0 Å². The van der Waals surface area contributed by atoms with Crippen molar-refractivity contribution in [2.75, 3.05) is 6.54 Å². The maximum absolute atomic E-state index is 13.3. The molecule has 0 fully saturated rings. The Hall–Kier alpha value is -2.07.